The van der Waals surface area contributed by atoms with Crippen LogP contribution in [0, 0.1) is 5.92 Å². The van der Waals surface area contributed by atoms with Crippen LogP contribution >= 0.6 is 0 Å². The van der Waals surface area contributed by atoms with E-state index in [1.54, 1.807) is 0 Å². The van der Waals surface area contributed by atoms with E-state index < -0.39 is 24.4 Å². The van der Waals surface area contributed by atoms with Gasteiger partial charge in [0.25, 0.3) is 18.5 Å². The summed E-state index contributed by atoms with van der Waals surface area (Å²) in [5, 5.41) is 0. The van der Waals surface area contributed by atoms with Crippen LogP contribution in [-0.2, 0) is 17.1 Å². The van der Waals surface area contributed by atoms with Gasteiger partial charge in [0, 0.05) is 0 Å². The minimum absolute atomic E-state index is 0. The summed E-state index contributed by atoms with van der Waals surface area (Å²) in [7, 11) is 0. The van der Waals surface area contributed by atoms with Gasteiger partial charge < -0.3 is 0 Å². The van der Waals surface area contributed by atoms with Gasteiger partial charge in [-0.05, 0) is 5.92 Å². The fraction of sp³-hybridized carbons (Fsp3) is 0.750. The molecule has 0 amide bonds. The first-order valence-corrected chi connectivity index (χ1v) is 2.45. The zero-order valence-corrected chi connectivity index (χ0v) is 6.64. The molecule has 0 aliphatic carbocycles. The molecule has 0 rings (SSSR count). The Bertz CT molecular complexity index is 139. The molecular weight excluding hydrogens is 283 g/mol. The molecule has 14 heavy (non-hydrogen) atoms. The van der Waals surface area contributed by atoms with Crippen LogP contribution in [0.2, 0.25) is 0 Å². The zero-order valence-electron chi connectivity index (χ0n) is 5.70. The zero-order chi connectivity index (χ0) is 11.1. The third-order valence-electron chi connectivity index (χ3n) is 0.850. The van der Waals surface area contributed by atoms with Crippen LogP contribution in [0.1, 0.15) is 0 Å². The first kappa shape index (κ1) is 16.3. The number of hydrogen-bond donors (Lipinski definition) is 0. The summed E-state index contributed by atoms with van der Waals surface area (Å²) in [6, 6.07) is 0. The summed E-state index contributed by atoms with van der Waals surface area (Å²) in [6.07, 6.45) is -19.3. The molecule has 0 aliphatic heterocycles. The van der Waals surface area contributed by atoms with E-state index in [2.05, 4.69) is 0 Å². The molecule has 0 heterocycles. The molecule has 0 atom stereocenters. The van der Waals surface area contributed by atoms with E-state index in [0.29, 0.717) is 0 Å². The van der Waals surface area contributed by atoms with Crippen LogP contribution in [0.3, 0.4) is 0 Å². The van der Waals surface area contributed by atoms with Crippen LogP contribution in [0.4, 0.5) is 39.5 Å². The normalized spacial score (nSPS) is 14.1. The van der Waals surface area contributed by atoms with E-state index in [9.17, 15) is 39.5 Å². The SMILES string of the molecule is FC(F)(F)[C-](C(F)(F)F)C(F)(F)F.[Cu+]. The topological polar surface area (TPSA) is 0 Å². The molecule has 90 valence electrons. The van der Waals surface area contributed by atoms with Gasteiger partial charge in [-0.2, -0.15) is 0 Å². The molecule has 0 aromatic carbocycles. The van der Waals surface area contributed by atoms with Crippen molar-refractivity contribution >= 4 is 0 Å². The predicted octanol–water partition coefficient (Wildman–Crippen LogP) is 3.25. The second-order valence-electron chi connectivity index (χ2n) is 1.87. The Kier molecular flexibility index (Phi) is 4.87. The van der Waals surface area contributed by atoms with Gasteiger partial charge in [0.2, 0.25) is 0 Å². The standard InChI is InChI=1S/C4F9.Cu/c5-2(6,7)1(3(8,9)10)4(11,12)13;/q-1;+1. The third kappa shape index (κ3) is 4.41. The molecule has 0 unspecified atom stereocenters. The average molecular weight is 283 g/mol. The van der Waals surface area contributed by atoms with Gasteiger partial charge in [0.05, 0.1) is 0 Å². The second-order valence-corrected chi connectivity index (χ2v) is 1.87. The van der Waals surface area contributed by atoms with E-state index in [1.165, 1.54) is 0 Å². The Morgan fingerprint density at radius 2 is 0.643 bits per heavy atom. The van der Waals surface area contributed by atoms with Gasteiger partial charge >= 0.3 is 17.1 Å². The molecular formula is C4CuF9. The van der Waals surface area contributed by atoms with Crippen LogP contribution in [-0.4, -0.2) is 18.5 Å². The van der Waals surface area contributed by atoms with Gasteiger partial charge in [0.15, 0.2) is 0 Å². The molecule has 0 spiro atoms. The van der Waals surface area contributed by atoms with Crippen LogP contribution in [0.15, 0.2) is 0 Å². The molecule has 0 nitrogen and oxygen atoms in total. The molecule has 0 saturated carbocycles. The summed E-state index contributed by atoms with van der Waals surface area (Å²) in [5.41, 5.74) is 0. The number of hydrogen-bond acceptors (Lipinski definition) is 0. The Balaban J connectivity index is 0. The minimum Gasteiger partial charge on any atom is -0.206 e. The number of rotatable bonds is 0. The monoisotopic (exact) mass is 282 g/mol. The van der Waals surface area contributed by atoms with Gasteiger partial charge in [-0.1, -0.05) is 0 Å². The fourth-order valence-electron chi connectivity index (χ4n) is 0.482. The van der Waals surface area contributed by atoms with Crippen LogP contribution < -0.4 is 0 Å². The van der Waals surface area contributed by atoms with Crippen molar-refractivity contribution in [1.29, 1.82) is 0 Å². The Labute approximate surface area is 81.9 Å². The van der Waals surface area contributed by atoms with E-state index in [0.717, 1.165) is 0 Å². The Morgan fingerprint density at radius 3 is 0.643 bits per heavy atom. The van der Waals surface area contributed by atoms with Crippen molar-refractivity contribution in [3.05, 3.63) is 5.92 Å². The number of alkyl halides is 9. The number of halogens is 9. The van der Waals surface area contributed by atoms with Gasteiger partial charge in [-0.15, -0.1) is 0 Å². The van der Waals surface area contributed by atoms with Crippen molar-refractivity contribution in [1.82, 2.24) is 0 Å². The quantitative estimate of drug-likeness (QED) is 0.363. The van der Waals surface area contributed by atoms with Crippen molar-refractivity contribution < 1.29 is 56.6 Å². The van der Waals surface area contributed by atoms with E-state index >= 15 is 0 Å². The first-order valence-electron chi connectivity index (χ1n) is 2.45. The summed E-state index contributed by atoms with van der Waals surface area (Å²) >= 11 is 0. The molecule has 0 saturated heterocycles. The van der Waals surface area contributed by atoms with Crippen LogP contribution in [0.5, 0.6) is 0 Å². The smallest absolute Gasteiger partial charge is 0.206 e. The van der Waals surface area contributed by atoms with E-state index in [1.807, 2.05) is 0 Å². The molecule has 0 aromatic rings. The van der Waals surface area contributed by atoms with E-state index in [4.69, 9.17) is 0 Å². The molecule has 0 N–H and O–H groups in total. The summed E-state index contributed by atoms with van der Waals surface area (Å²) in [4.78, 5) is 0. The molecule has 0 radical (unpaired) electrons. The maximum Gasteiger partial charge on any atom is 1.00 e. The molecule has 0 fully saturated rings. The van der Waals surface area contributed by atoms with E-state index in [-0.39, 0.29) is 17.1 Å². The maximum absolute atomic E-state index is 11.2. The summed E-state index contributed by atoms with van der Waals surface area (Å²) < 4.78 is 101. The van der Waals surface area contributed by atoms with Gasteiger partial charge in [0.1, 0.15) is 0 Å². The minimum atomic E-state index is -6.45. The second kappa shape index (κ2) is 4.18. The summed E-state index contributed by atoms with van der Waals surface area (Å²) in [5.74, 6) is -4.35. The van der Waals surface area contributed by atoms with Gasteiger partial charge in [-0.3, -0.25) is 0 Å². The van der Waals surface area contributed by atoms with Crippen molar-refractivity contribution in [2.24, 2.45) is 0 Å². The summed E-state index contributed by atoms with van der Waals surface area (Å²) in [6.45, 7) is 0. The molecule has 0 bridgehead atoms. The molecule has 0 aliphatic rings. The van der Waals surface area contributed by atoms with Crippen molar-refractivity contribution in [2.45, 2.75) is 18.5 Å². The van der Waals surface area contributed by atoms with Crippen molar-refractivity contribution in [3.63, 3.8) is 0 Å². The van der Waals surface area contributed by atoms with Crippen molar-refractivity contribution in [3.8, 4) is 0 Å². The molecule has 0 aromatic heterocycles. The van der Waals surface area contributed by atoms with Gasteiger partial charge in [-0.25, -0.2) is 39.5 Å². The van der Waals surface area contributed by atoms with Crippen LogP contribution in [0.25, 0.3) is 0 Å². The average Bonchev–Trinajstić information content (AvgIpc) is 1.44. The van der Waals surface area contributed by atoms with Crippen molar-refractivity contribution in [2.75, 3.05) is 0 Å². The largest absolute Gasteiger partial charge is 1.00 e. The Hall–Kier alpha value is -0.111. The Morgan fingerprint density at radius 1 is 0.500 bits per heavy atom. The first-order chi connectivity index (χ1) is 5.37. The maximum atomic E-state index is 11.2. The fourth-order valence-corrected chi connectivity index (χ4v) is 0.482. The predicted molar refractivity (Wildman–Crippen MR) is 21.4 cm³/mol. The molecule has 10 heteroatoms. The third-order valence-corrected chi connectivity index (χ3v) is 0.850.